The smallest absolute Gasteiger partial charge is 0.297 e. The first kappa shape index (κ1) is 20.5. The van der Waals surface area contributed by atoms with Gasteiger partial charge in [-0.05, 0) is 18.3 Å². The minimum absolute atomic E-state index is 0.121. The third-order valence-corrected chi connectivity index (χ3v) is 7.27. The molecule has 2 fully saturated rings. The molecule has 2 aliphatic rings. The predicted octanol–water partition coefficient (Wildman–Crippen LogP) is 3.31. The second kappa shape index (κ2) is 7.85. The molecule has 0 aromatic carbocycles. The van der Waals surface area contributed by atoms with Gasteiger partial charge in [0, 0.05) is 18.5 Å². The van der Waals surface area contributed by atoms with E-state index < -0.39 is 15.5 Å². The summed E-state index contributed by atoms with van der Waals surface area (Å²) in [4.78, 5) is 0. The molecule has 0 aromatic rings. The van der Waals surface area contributed by atoms with Gasteiger partial charge in [0.15, 0.2) is 0 Å². The molecular formula is C14H30N2O6P2. The van der Waals surface area contributed by atoms with Gasteiger partial charge in [-0.25, -0.2) is 19.3 Å². The second-order valence-electron chi connectivity index (χ2n) is 7.85. The lowest BCUT2D eigenvalue weighted by Crippen LogP contribution is -2.34. The van der Waals surface area contributed by atoms with E-state index in [4.69, 9.17) is 18.1 Å². The highest BCUT2D eigenvalue weighted by Gasteiger charge is 2.36. The summed E-state index contributed by atoms with van der Waals surface area (Å²) in [6.07, 6.45) is 1.65. The van der Waals surface area contributed by atoms with E-state index in [1.165, 1.54) is 0 Å². The molecule has 0 aromatic heterocycles. The summed E-state index contributed by atoms with van der Waals surface area (Å²) in [5.41, 5.74) is -0.0254. The normalized spacial score (nSPS) is 28.7. The van der Waals surface area contributed by atoms with Gasteiger partial charge in [-0.15, -0.1) is 0 Å². The highest BCUT2D eigenvalue weighted by molar-refractivity contribution is 7.52. The fraction of sp³-hybridized carbons (Fsp3) is 1.00. The summed E-state index contributed by atoms with van der Waals surface area (Å²) in [5.74, 6) is 0. The largest absolute Gasteiger partial charge is 0.405 e. The van der Waals surface area contributed by atoms with Gasteiger partial charge < -0.3 is 0 Å². The SMILES string of the molecule is CC1(C)CCOP(=O)(NCCNP2(=O)OCC(C)(C)CO2)OCC1. The van der Waals surface area contributed by atoms with E-state index in [-0.39, 0.29) is 23.9 Å². The van der Waals surface area contributed by atoms with Crippen molar-refractivity contribution >= 4 is 15.5 Å². The molecular weight excluding hydrogens is 354 g/mol. The van der Waals surface area contributed by atoms with Crippen LogP contribution in [0.3, 0.4) is 0 Å². The molecule has 0 spiro atoms. The first-order valence-electron chi connectivity index (χ1n) is 8.32. The molecule has 0 saturated carbocycles. The first-order chi connectivity index (χ1) is 11.0. The van der Waals surface area contributed by atoms with Crippen molar-refractivity contribution in [2.24, 2.45) is 10.8 Å². The predicted molar refractivity (Wildman–Crippen MR) is 91.8 cm³/mol. The van der Waals surface area contributed by atoms with Crippen LogP contribution >= 0.6 is 15.5 Å². The van der Waals surface area contributed by atoms with Crippen LogP contribution in [0.2, 0.25) is 0 Å². The fourth-order valence-electron chi connectivity index (χ4n) is 2.21. The lowest BCUT2D eigenvalue weighted by atomic mass is 9.86. The Bertz CT molecular complexity index is 495. The van der Waals surface area contributed by atoms with Crippen molar-refractivity contribution in [3.63, 3.8) is 0 Å². The molecule has 0 amide bonds. The Morgan fingerprint density at radius 2 is 1.17 bits per heavy atom. The van der Waals surface area contributed by atoms with Crippen molar-refractivity contribution in [1.29, 1.82) is 0 Å². The van der Waals surface area contributed by atoms with E-state index in [0.717, 1.165) is 12.8 Å². The van der Waals surface area contributed by atoms with Gasteiger partial charge in [-0.2, -0.15) is 0 Å². The van der Waals surface area contributed by atoms with Crippen LogP contribution in [0.5, 0.6) is 0 Å². The van der Waals surface area contributed by atoms with Crippen LogP contribution in [-0.2, 0) is 27.2 Å². The maximum Gasteiger partial charge on any atom is 0.405 e. The molecule has 0 unspecified atom stereocenters. The zero-order valence-corrected chi connectivity index (χ0v) is 16.8. The van der Waals surface area contributed by atoms with E-state index in [2.05, 4.69) is 24.0 Å². The Kier molecular flexibility index (Phi) is 6.71. The molecule has 0 radical (unpaired) electrons. The molecule has 0 aliphatic carbocycles. The van der Waals surface area contributed by atoms with Crippen LogP contribution in [0.25, 0.3) is 0 Å². The number of rotatable bonds is 5. The van der Waals surface area contributed by atoms with Gasteiger partial charge in [-0.3, -0.25) is 18.1 Å². The molecule has 2 rings (SSSR count). The van der Waals surface area contributed by atoms with Crippen molar-refractivity contribution < 1.29 is 27.2 Å². The maximum atomic E-state index is 12.5. The Balaban J connectivity index is 1.72. The maximum absolute atomic E-state index is 12.5. The van der Waals surface area contributed by atoms with Gasteiger partial charge in [0.05, 0.1) is 26.4 Å². The monoisotopic (exact) mass is 384 g/mol. The van der Waals surface area contributed by atoms with Crippen LogP contribution in [-0.4, -0.2) is 39.5 Å². The van der Waals surface area contributed by atoms with E-state index in [1.807, 2.05) is 13.8 Å². The standard InChI is InChI=1S/C14H30N2O6P2/c1-13(2)5-9-19-23(17,20-10-6-13)15-7-8-16-24(18)21-11-14(3,4)12-22-24/h5-12H2,1-4H3,(H,15,17)(H,16,18). The van der Waals surface area contributed by atoms with E-state index in [1.54, 1.807) is 0 Å². The topological polar surface area (TPSA) is 95.1 Å². The van der Waals surface area contributed by atoms with Crippen molar-refractivity contribution in [2.75, 3.05) is 39.5 Å². The Morgan fingerprint density at radius 3 is 1.62 bits per heavy atom. The van der Waals surface area contributed by atoms with Gasteiger partial charge >= 0.3 is 15.5 Å². The summed E-state index contributed by atoms with van der Waals surface area (Å²) < 4.78 is 46.3. The van der Waals surface area contributed by atoms with Crippen molar-refractivity contribution in [3.05, 3.63) is 0 Å². The molecule has 0 bridgehead atoms. The minimum Gasteiger partial charge on any atom is -0.297 e. The first-order valence-corrected chi connectivity index (χ1v) is 11.4. The van der Waals surface area contributed by atoms with E-state index in [0.29, 0.717) is 26.4 Å². The van der Waals surface area contributed by atoms with E-state index >= 15 is 0 Å². The summed E-state index contributed by atoms with van der Waals surface area (Å²) in [6.45, 7) is 10.3. The third-order valence-electron chi connectivity index (χ3n) is 4.07. The Labute approximate surface area is 144 Å². The van der Waals surface area contributed by atoms with Gasteiger partial charge in [0.2, 0.25) is 0 Å². The molecule has 2 heterocycles. The highest BCUT2D eigenvalue weighted by Crippen LogP contribution is 2.50. The van der Waals surface area contributed by atoms with Crippen molar-refractivity contribution in [1.82, 2.24) is 10.2 Å². The molecule has 24 heavy (non-hydrogen) atoms. The van der Waals surface area contributed by atoms with Crippen LogP contribution in [0.15, 0.2) is 0 Å². The zero-order valence-electron chi connectivity index (χ0n) is 15.0. The van der Waals surface area contributed by atoms with Crippen LogP contribution in [0.4, 0.5) is 0 Å². The molecule has 2 saturated heterocycles. The molecule has 10 heteroatoms. The van der Waals surface area contributed by atoms with Gasteiger partial charge in [0.1, 0.15) is 0 Å². The number of hydrogen-bond donors (Lipinski definition) is 2. The molecule has 2 aliphatic heterocycles. The molecule has 2 N–H and O–H groups in total. The molecule has 8 nitrogen and oxygen atoms in total. The third kappa shape index (κ3) is 6.50. The van der Waals surface area contributed by atoms with Crippen LogP contribution in [0, 0.1) is 10.8 Å². The highest BCUT2D eigenvalue weighted by atomic mass is 31.2. The fourth-order valence-corrected chi connectivity index (χ4v) is 5.20. The van der Waals surface area contributed by atoms with Crippen LogP contribution in [0.1, 0.15) is 40.5 Å². The van der Waals surface area contributed by atoms with Gasteiger partial charge in [0.25, 0.3) is 0 Å². The van der Waals surface area contributed by atoms with Crippen LogP contribution < -0.4 is 10.2 Å². The second-order valence-corrected chi connectivity index (χ2v) is 11.5. The minimum atomic E-state index is -3.31. The molecule has 0 atom stereocenters. The lowest BCUT2D eigenvalue weighted by Gasteiger charge is -2.34. The summed E-state index contributed by atoms with van der Waals surface area (Å²) >= 11 is 0. The average molecular weight is 384 g/mol. The summed E-state index contributed by atoms with van der Waals surface area (Å²) in [5, 5.41) is 5.53. The zero-order chi connectivity index (χ0) is 17.9. The molecule has 142 valence electrons. The Morgan fingerprint density at radius 1 is 0.750 bits per heavy atom. The number of hydrogen-bond acceptors (Lipinski definition) is 6. The van der Waals surface area contributed by atoms with Gasteiger partial charge in [-0.1, -0.05) is 27.7 Å². The van der Waals surface area contributed by atoms with E-state index in [9.17, 15) is 9.13 Å². The van der Waals surface area contributed by atoms with Crippen molar-refractivity contribution in [3.8, 4) is 0 Å². The van der Waals surface area contributed by atoms with Crippen molar-refractivity contribution in [2.45, 2.75) is 40.5 Å². The number of nitrogens with one attached hydrogen (secondary N) is 2. The lowest BCUT2D eigenvalue weighted by molar-refractivity contribution is 0.0372. The summed E-state index contributed by atoms with van der Waals surface area (Å²) in [7, 11) is -6.59. The average Bonchev–Trinajstić information content (AvgIpc) is 2.46. The summed E-state index contributed by atoms with van der Waals surface area (Å²) in [6, 6.07) is 0. The Hall–Kier alpha value is 0.220. The quantitative estimate of drug-likeness (QED) is 0.551.